The van der Waals surface area contributed by atoms with Crippen molar-refractivity contribution in [1.82, 2.24) is 4.90 Å². The van der Waals surface area contributed by atoms with Gasteiger partial charge in [0.15, 0.2) is 5.12 Å². The summed E-state index contributed by atoms with van der Waals surface area (Å²) in [6, 6.07) is 12.9. The first kappa shape index (κ1) is 19.2. The highest BCUT2D eigenvalue weighted by molar-refractivity contribution is 8.13. The van der Waals surface area contributed by atoms with E-state index in [1.807, 2.05) is 42.5 Å². The number of thioether (sulfide) groups is 1. The number of carbonyl (C=O) groups is 3. The highest BCUT2D eigenvalue weighted by Crippen LogP contribution is 2.29. The lowest BCUT2D eigenvalue weighted by Gasteiger charge is -2.25. The van der Waals surface area contributed by atoms with Crippen LogP contribution in [0.2, 0.25) is 0 Å². The summed E-state index contributed by atoms with van der Waals surface area (Å²) in [6.45, 7) is 3.44. The molecule has 0 aromatic heterocycles. The van der Waals surface area contributed by atoms with Crippen LogP contribution in [0.3, 0.4) is 0 Å². The second-order valence-electron chi connectivity index (χ2n) is 6.71. The standard InChI is InChI=1S/C21H21NO4S/c1-13(12-27-14(2)23)20(24)22-11-18(10-19(22)21(25)26)17-8-7-15-5-3-4-6-16(15)9-17/h3-10,13,19H,11-12H2,1-2H3,(H,25,26). The monoisotopic (exact) mass is 383 g/mol. The van der Waals surface area contributed by atoms with Gasteiger partial charge in [0.25, 0.3) is 0 Å². The van der Waals surface area contributed by atoms with Crippen LogP contribution < -0.4 is 0 Å². The molecule has 0 radical (unpaired) electrons. The number of hydrogen-bond donors (Lipinski definition) is 1. The van der Waals surface area contributed by atoms with Crippen molar-refractivity contribution < 1.29 is 19.5 Å². The predicted molar refractivity (Wildman–Crippen MR) is 107 cm³/mol. The fourth-order valence-electron chi connectivity index (χ4n) is 3.21. The normalized spacial score (nSPS) is 17.6. The zero-order valence-corrected chi connectivity index (χ0v) is 16.0. The lowest BCUT2D eigenvalue weighted by atomic mass is 10.0. The van der Waals surface area contributed by atoms with Crippen LogP contribution in [0.1, 0.15) is 19.4 Å². The molecule has 5 nitrogen and oxygen atoms in total. The Hall–Kier alpha value is -2.60. The Morgan fingerprint density at radius 3 is 2.56 bits per heavy atom. The molecule has 0 saturated carbocycles. The molecule has 2 aromatic carbocycles. The van der Waals surface area contributed by atoms with E-state index in [1.54, 1.807) is 13.0 Å². The van der Waals surface area contributed by atoms with Crippen LogP contribution in [-0.2, 0) is 14.4 Å². The molecule has 0 aliphatic carbocycles. The Balaban J connectivity index is 1.83. The Kier molecular flexibility index (Phi) is 5.65. The maximum absolute atomic E-state index is 12.8. The number of nitrogens with zero attached hydrogens (tertiary/aromatic N) is 1. The van der Waals surface area contributed by atoms with E-state index in [1.165, 1.54) is 11.8 Å². The molecule has 0 fully saturated rings. The van der Waals surface area contributed by atoms with Crippen molar-refractivity contribution in [2.75, 3.05) is 12.3 Å². The Labute approximate surface area is 162 Å². The molecular formula is C21H21NO4S. The quantitative estimate of drug-likeness (QED) is 0.856. The maximum atomic E-state index is 12.8. The van der Waals surface area contributed by atoms with Gasteiger partial charge in [-0.3, -0.25) is 9.59 Å². The molecule has 1 amide bonds. The summed E-state index contributed by atoms with van der Waals surface area (Å²) >= 11 is 1.08. The number of amides is 1. The van der Waals surface area contributed by atoms with Crippen LogP contribution in [0.4, 0.5) is 0 Å². The number of carboxylic acids is 1. The van der Waals surface area contributed by atoms with Crippen LogP contribution in [-0.4, -0.2) is 45.3 Å². The number of aliphatic carboxylic acids is 1. The molecule has 1 N–H and O–H groups in total. The maximum Gasteiger partial charge on any atom is 0.330 e. The van der Waals surface area contributed by atoms with Crippen molar-refractivity contribution in [2.24, 2.45) is 5.92 Å². The summed E-state index contributed by atoms with van der Waals surface area (Å²) in [5.74, 6) is -1.37. The van der Waals surface area contributed by atoms with E-state index >= 15 is 0 Å². The Morgan fingerprint density at radius 2 is 1.89 bits per heavy atom. The minimum absolute atomic E-state index is 0.0548. The molecule has 3 rings (SSSR count). The van der Waals surface area contributed by atoms with Crippen LogP contribution >= 0.6 is 11.8 Å². The van der Waals surface area contributed by atoms with Crippen LogP contribution in [0.5, 0.6) is 0 Å². The van der Waals surface area contributed by atoms with Gasteiger partial charge in [-0.1, -0.05) is 55.1 Å². The van der Waals surface area contributed by atoms with Crippen molar-refractivity contribution >= 4 is 45.1 Å². The molecule has 1 heterocycles. The number of carboxylic acid groups (broad SMARTS) is 1. The van der Waals surface area contributed by atoms with E-state index < -0.39 is 17.9 Å². The average Bonchev–Trinajstić information content (AvgIpc) is 3.10. The minimum atomic E-state index is -1.05. The summed E-state index contributed by atoms with van der Waals surface area (Å²) in [7, 11) is 0. The number of rotatable bonds is 5. The molecule has 27 heavy (non-hydrogen) atoms. The summed E-state index contributed by atoms with van der Waals surface area (Å²) in [5.41, 5.74) is 1.74. The number of benzene rings is 2. The van der Waals surface area contributed by atoms with Gasteiger partial charge in [0.1, 0.15) is 6.04 Å². The van der Waals surface area contributed by atoms with Gasteiger partial charge in [-0.05, 0) is 34.1 Å². The average molecular weight is 383 g/mol. The molecule has 6 heteroatoms. The predicted octanol–water partition coefficient (Wildman–Crippen LogP) is 3.43. The van der Waals surface area contributed by atoms with Gasteiger partial charge >= 0.3 is 5.97 Å². The van der Waals surface area contributed by atoms with Crippen molar-refractivity contribution in [1.29, 1.82) is 0 Å². The molecule has 2 unspecified atom stereocenters. The number of fused-ring (bicyclic) bond motifs is 1. The molecule has 140 valence electrons. The van der Waals surface area contributed by atoms with Crippen LogP contribution in [0.25, 0.3) is 16.3 Å². The van der Waals surface area contributed by atoms with Crippen molar-refractivity contribution in [3.05, 3.63) is 54.1 Å². The summed E-state index contributed by atoms with van der Waals surface area (Å²) in [4.78, 5) is 37.0. The number of hydrogen-bond acceptors (Lipinski definition) is 4. The van der Waals surface area contributed by atoms with Crippen molar-refractivity contribution in [2.45, 2.75) is 19.9 Å². The second kappa shape index (κ2) is 7.96. The molecule has 1 aliphatic rings. The van der Waals surface area contributed by atoms with Gasteiger partial charge < -0.3 is 10.0 Å². The minimum Gasteiger partial charge on any atom is -0.479 e. The SMILES string of the molecule is CC(=O)SCC(C)C(=O)N1CC(c2ccc3ccccc3c2)=CC1C(=O)O. The fourth-order valence-corrected chi connectivity index (χ4v) is 3.84. The molecule has 0 spiro atoms. The van der Waals surface area contributed by atoms with Gasteiger partial charge in [0, 0.05) is 25.1 Å². The van der Waals surface area contributed by atoms with Crippen molar-refractivity contribution in [3.8, 4) is 0 Å². The zero-order chi connectivity index (χ0) is 19.6. The largest absolute Gasteiger partial charge is 0.479 e. The molecule has 2 atom stereocenters. The van der Waals surface area contributed by atoms with E-state index in [9.17, 15) is 19.5 Å². The van der Waals surface area contributed by atoms with Gasteiger partial charge in [0.05, 0.1) is 0 Å². The number of carbonyl (C=O) groups excluding carboxylic acids is 2. The molecular weight excluding hydrogens is 362 g/mol. The van der Waals surface area contributed by atoms with Crippen LogP contribution in [0.15, 0.2) is 48.5 Å². The lowest BCUT2D eigenvalue weighted by molar-refractivity contribution is -0.148. The molecule has 1 aliphatic heterocycles. The zero-order valence-electron chi connectivity index (χ0n) is 15.2. The lowest BCUT2D eigenvalue weighted by Crippen LogP contribution is -2.44. The first-order valence-corrected chi connectivity index (χ1v) is 9.72. The highest BCUT2D eigenvalue weighted by Gasteiger charge is 2.36. The topological polar surface area (TPSA) is 74.7 Å². The summed E-state index contributed by atoms with van der Waals surface area (Å²) in [5, 5.41) is 11.7. The van der Waals surface area contributed by atoms with E-state index in [-0.39, 0.29) is 17.6 Å². The third-order valence-electron chi connectivity index (χ3n) is 4.65. The smallest absolute Gasteiger partial charge is 0.330 e. The molecule has 0 saturated heterocycles. The van der Waals surface area contributed by atoms with E-state index in [2.05, 4.69) is 0 Å². The Bertz CT molecular complexity index is 937. The van der Waals surface area contributed by atoms with Gasteiger partial charge in [-0.25, -0.2) is 4.79 Å². The third kappa shape index (κ3) is 4.22. The summed E-state index contributed by atoms with van der Waals surface area (Å²) in [6.07, 6.45) is 1.65. The second-order valence-corrected chi connectivity index (χ2v) is 7.90. The first-order valence-electron chi connectivity index (χ1n) is 8.73. The first-order chi connectivity index (χ1) is 12.9. The van der Waals surface area contributed by atoms with Gasteiger partial charge in [-0.15, -0.1) is 0 Å². The third-order valence-corrected chi connectivity index (χ3v) is 5.72. The van der Waals surface area contributed by atoms with E-state index in [0.717, 1.165) is 33.7 Å². The highest BCUT2D eigenvalue weighted by atomic mass is 32.2. The van der Waals surface area contributed by atoms with Crippen LogP contribution in [0, 0.1) is 5.92 Å². The Morgan fingerprint density at radius 1 is 1.19 bits per heavy atom. The van der Waals surface area contributed by atoms with E-state index in [4.69, 9.17) is 0 Å². The van der Waals surface area contributed by atoms with Gasteiger partial charge in [-0.2, -0.15) is 0 Å². The van der Waals surface area contributed by atoms with Gasteiger partial charge in [0.2, 0.25) is 5.91 Å². The fraction of sp³-hybridized carbons (Fsp3) is 0.286. The molecule has 2 aromatic rings. The van der Waals surface area contributed by atoms with E-state index in [0.29, 0.717) is 5.75 Å². The molecule has 0 bridgehead atoms. The van der Waals surface area contributed by atoms with Crippen molar-refractivity contribution in [3.63, 3.8) is 0 Å². The summed E-state index contributed by atoms with van der Waals surface area (Å²) < 4.78 is 0.